The van der Waals surface area contributed by atoms with Crippen molar-refractivity contribution in [3.8, 4) is 0 Å². The molecule has 4 unspecified atom stereocenters. The number of carbonyl (C=O) groups is 4. The Morgan fingerprint density at radius 3 is 2.07 bits per heavy atom. The minimum absolute atomic E-state index is 0.0141. The lowest BCUT2D eigenvalue weighted by atomic mass is 10.1. The number of imidazole rings is 1. The van der Waals surface area contributed by atoms with E-state index >= 15 is 0 Å². The first-order chi connectivity index (χ1) is 21.5. The summed E-state index contributed by atoms with van der Waals surface area (Å²) in [6.45, 7) is 2.55. The molecule has 0 spiro atoms. The molecule has 1 amide bonds. The molecule has 0 saturated heterocycles. The minimum Gasteiger partial charge on any atom is -0.480 e. The molecule has 0 aliphatic carbocycles. The lowest BCUT2D eigenvalue weighted by Gasteiger charge is -2.22. The average Bonchev–Trinajstić information content (AvgIpc) is 3.50. The molecule has 4 atom stereocenters. The predicted molar refractivity (Wildman–Crippen MR) is 164 cm³/mol. The number of carbonyl (C=O) groups excluding carboxylic acids is 3. The zero-order chi connectivity index (χ0) is 33.5. The lowest BCUT2D eigenvalue weighted by Crippen LogP contribution is -2.51. The number of rotatable bonds is 27. The van der Waals surface area contributed by atoms with Crippen LogP contribution in [0.5, 0.6) is 0 Å². The van der Waals surface area contributed by atoms with Gasteiger partial charge in [-0.2, -0.15) is 0 Å². The van der Waals surface area contributed by atoms with Crippen LogP contribution in [0.25, 0.3) is 0 Å². The Morgan fingerprint density at radius 1 is 0.933 bits per heavy atom. The van der Waals surface area contributed by atoms with Gasteiger partial charge in [-0.25, -0.2) is 18.9 Å². The zero-order valence-corrected chi connectivity index (χ0v) is 27.3. The van der Waals surface area contributed by atoms with Gasteiger partial charge in [-0.3, -0.25) is 18.9 Å². The maximum atomic E-state index is 12.7. The number of carboxylic acid groups (broad SMARTS) is 1. The second kappa shape index (κ2) is 23.5. The number of nitrogens with one attached hydrogen (secondary N) is 2. The molecule has 1 rings (SSSR count). The van der Waals surface area contributed by atoms with Gasteiger partial charge in [-0.05, 0) is 12.8 Å². The number of aromatic amines is 1. The molecule has 0 fully saturated rings. The fraction of sp³-hybridized carbons (Fsp3) is 0.759. The number of hydrogen-bond donors (Lipinski definition) is 5. The van der Waals surface area contributed by atoms with Crippen LogP contribution in [0.15, 0.2) is 12.5 Å². The number of ether oxygens (including phenoxy) is 2. The normalized spacial score (nSPS) is 14.6. The van der Waals surface area contributed by atoms with Crippen LogP contribution in [0.4, 0.5) is 0 Å². The highest BCUT2D eigenvalue weighted by Crippen LogP contribution is 2.45. The van der Waals surface area contributed by atoms with Crippen molar-refractivity contribution in [2.24, 2.45) is 5.73 Å². The van der Waals surface area contributed by atoms with Crippen LogP contribution in [0, 0.1) is 0 Å². The van der Waals surface area contributed by atoms with Gasteiger partial charge in [-0.15, -0.1) is 0 Å². The molecule has 15 nitrogen and oxygen atoms in total. The standard InChI is InChI=1S/C29H51N4O11P/c1-3-5-7-9-11-13-15-25(34)41-20-27(43-26(35)16-14-12-10-8-6-4-2)44-45(39,40)42-19-24(29(37)38)33-28(36)23(30)17-22-18-31-21-32-22/h18,21,23-24,27H,3-17,19-20,30H2,1-2H3,(H,31,32)(H,33,36)(H,37,38)(H,39,40). The van der Waals surface area contributed by atoms with Crippen LogP contribution in [-0.4, -0.2) is 75.4 Å². The molecule has 16 heteroatoms. The van der Waals surface area contributed by atoms with Crippen molar-refractivity contribution in [1.82, 2.24) is 15.3 Å². The van der Waals surface area contributed by atoms with Crippen molar-refractivity contribution < 1.29 is 52.3 Å². The average molecular weight is 663 g/mol. The largest absolute Gasteiger partial charge is 0.480 e. The van der Waals surface area contributed by atoms with Gasteiger partial charge in [0.25, 0.3) is 0 Å². The maximum Gasteiger partial charge on any atom is 0.475 e. The Balaban J connectivity index is 2.71. The van der Waals surface area contributed by atoms with E-state index in [-0.39, 0.29) is 19.3 Å². The van der Waals surface area contributed by atoms with Gasteiger partial charge < -0.3 is 35.5 Å². The summed E-state index contributed by atoms with van der Waals surface area (Å²) >= 11 is 0. The van der Waals surface area contributed by atoms with Gasteiger partial charge in [0.05, 0.1) is 19.0 Å². The number of amides is 1. The SMILES string of the molecule is CCCCCCCCC(=O)OCC(OC(=O)CCCCCCCC)OP(=O)(O)OCC(NC(=O)C(N)Cc1cnc[nH]1)C(=O)O. The number of phosphoric ester groups is 1. The van der Waals surface area contributed by atoms with Crippen molar-refractivity contribution in [1.29, 1.82) is 0 Å². The number of aromatic nitrogens is 2. The summed E-state index contributed by atoms with van der Waals surface area (Å²) in [6, 6.07) is -2.91. The molecule has 0 aliphatic heterocycles. The summed E-state index contributed by atoms with van der Waals surface area (Å²) in [4.78, 5) is 65.6. The molecular weight excluding hydrogens is 611 g/mol. The van der Waals surface area contributed by atoms with Crippen molar-refractivity contribution in [3.05, 3.63) is 18.2 Å². The van der Waals surface area contributed by atoms with E-state index in [0.29, 0.717) is 18.5 Å². The molecular formula is C29H51N4O11P. The first-order valence-corrected chi connectivity index (χ1v) is 17.2. The maximum absolute atomic E-state index is 12.7. The quantitative estimate of drug-likeness (QED) is 0.0390. The first-order valence-electron chi connectivity index (χ1n) is 15.7. The highest BCUT2D eigenvalue weighted by molar-refractivity contribution is 7.47. The molecule has 0 saturated carbocycles. The Labute approximate surface area is 264 Å². The van der Waals surface area contributed by atoms with E-state index in [4.69, 9.17) is 24.3 Å². The Bertz CT molecular complexity index is 1040. The summed E-state index contributed by atoms with van der Waals surface area (Å²) in [5, 5.41) is 11.6. The van der Waals surface area contributed by atoms with Crippen LogP contribution in [0.3, 0.4) is 0 Å². The van der Waals surface area contributed by atoms with Crippen molar-refractivity contribution in [2.45, 2.75) is 129 Å². The molecule has 1 aromatic heterocycles. The molecule has 1 aromatic rings. The van der Waals surface area contributed by atoms with E-state index in [1.807, 2.05) is 0 Å². The van der Waals surface area contributed by atoms with Crippen molar-refractivity contribution in [3.63, 3.8) is 0 Å². The van der Waals surface area contributed by atoms with E-state index in [1.165, 1.54) is 12.5 Å². The second-order valence-electron chi connectivity index (χ2n) is 10.8. The number of carboxylic acids is 1. The third-order valence-electron chi connectivity index (χ3n) is 6.71. The highest BCUT2D eigenvalue weighted by Gasteiger charge is 2.33. The molecule has 1 heterocycles. The third kappa shape index (κ3) is 20.0. The van der Waals surface area contributed by atoms with E-state index in [9.17, 15) is 33.7 Å². The second-order valence-corrected chi connectivity index (χ2v) is 12.2. The number of nitrogens with two attached hydrogens (primary N) is 1. The fourth-order valence-corrected chi connectivity index (χ4v) is 4.95. The van der Waals surface area contributed by atoms with Gasteiger partial charge in [0, 0.05) is 31.2 Å². The van der Waals surface area contributed by atoms with Gasteiger partial charge >= 0.3 is 25.7 Å². The van der Waals surface area contributed by atoms with Gasteiger partial charge in [0.2, 0.25) is 12.2 Å². The van der Waals surface area contributed by atoms with Crippen molar-refractivity contribution in [2.75, 3.05) is 13.2 Å². The van der Waals surface area contributed by atoms with Gasteiger partial charge in [-0.1, -0.05) is 78.1 Å². The monoisotopic (exact) mass is 662 g/mol. The summed E-state index contributed by atoms with van der Waals surface area (Å²) < 4.78 is 32.8. The number of hydrogen-bond acceptors (Lipinski definition) is 11. The molecule has 6 N–H and O–H groups in total. The Morgan fingerprint density at radius 2 is 1.51 bits per heavy atom. The zero-order valence-electron chi connectivity index (χ0n) is 26.4. The molecule has 258 valence electrons. The first kappa shape index (κ1) is 40.2. The number of nitrogens with zero attached hydrogens (tertiary/aromatic N) is 1. The highest BCUT2D eigenvalue weighted by atomic mass is 31.2. The summed E-state index contributed by atoms with van der Waals surface area (Å²) in [5.74, 6) is -3.75. The number of phosphoric acid groups is 1. The molecule has 45 heavy (non-hydrogen) atoms. The smallest absolute Gasteiger partial charge is 0.475 e. The van der Waals surface area contributed by atoms with Gasteiger partial charge in [0.15, 0.2) is 12.6 Å². The minimum atomic E-state index is -5.08. The Hall–Kier alpha value is -2.84. The fourth-order valence-electron chi connectivity index (χ4n) is 4.15. The van der Waals surface area contributed by atoms with Crippen LogP contribution in [0.1, 0.15) is 109 Å². The van der Waals surface area contributed by atoms with E-state index in [2.05, 4.69) is 29.1 Å². The number of esters is 2. The van der Waals surface area contributed by atoms with Crippen LogP contribution in [0.2, 0.25) is 0 Å². The van der Waals surface area contributed by atoms with Crippen molar-refractivity contribution >= 4 is 31.6 Å². The van der Waals surface area contributed by atoms with E-state index < -0.39 is 63.2 Å². The molecule has 0 radical (unpaired) electrons. The summed E-state index contributed by atoms with van der Waals surface area (Å²) in [5.41, 5.74) is 6.36. The predicted octanol–water partition coefficient (Wildman–Crippen LogP) is 3.90. The molecule has 0 aliphatic rings. The number of aliphatic carboxylic acids is 1. The van der Waals surface area contributed by atoms with Crippen LogP contribution in [-0.2, 0) is 48.7 Å². The Kier molecular flexibility index (Phi) is 21.0. The summed E-state index contributed by atoms with van der Waals surface area (Å²) in [7, 11) is -5.08. The van der Waals surface area contributed by atoms with E-state index in [1.54, 1.807) is 0 Å². The van der Waals surface area contributed by atoms with Gasteiger partial charge in [0.1, 0.15) is 0 Å². The molecule has 0 bridgehead atoms. The van der Waals surface area contributed by atoms with Crippen LogP contribution >= 0.6 is 7.82 Å². The van der Waals surface area contributed by atoms with Crippen LogP contribution < -0.4 is 11.1 Å². The topological polar surface area (TPSA) is 229 Å². The third-order valence-corrected chi connectivity index (χ3v) is 7.69. The molecule has 0 aromatic carbocycles. The summed E-state index contributed by atoms with van der Waals surface area (Å²) in [6.07, 6.45) is 12.4. The number of H-pyrrole nitrogens is 1. The lowest BCUT2D eigenvalue weighted by molar-refractivity contribution is -0.180. The van der Waals surface area contributed by atoms with E-state index in [0.717, 1.165) is 64.2 Å². The number of unbranched alkanes of at least 4 members (excludes halogenated alkanes) is 10.